The van der Waals surface area contributed by atoms with Crippen molar-refractivity contribution in [2.45, 2.75) is 6.18 Å². The van der Waals surface area contributed by atoms with Crippen molar-refractivity contribution in [2.75, 3.05) is 5.32 Å². The van der Waals surface area contributed by atoms with Crippen LogP contribution in [0.1, 0.15) is 26.7 Å². The van der Waals surface area contributed by atoms with Crippen LogP contribution in [0.5, 0.6) is 0 Å². The molecule has 4 rings (SSSR count). The minimum Gasteiger partial charge on any atom is -0.364 e. The lowest BCUT2D eigenvalue weighted by Gasteiger charge is -2.10. The van der Waals surface area contributed by atoms with E-state index in [1.54, 1.807) is 0 Å². The molecule has 164 valence electrons. The number of aromatic amines is 1. The number of primary amides is 1. The number of thiazole rings is 1. The van der Waals surface area contributed by atoms with E-state index < -0.39 is 35.2 Å². The molecule has 9 nitrogen and oxygen atoms in total. The van der Waals surface area contributed by atoms with E-state index >= 15 is 0 Å². The lowest BCUT2D eigenvalue weighted by atomic mass is 10.2. The Morgan fingerprint density at radius 3 is 2.53 bits per heavy atom. The fourth-order valence-corrected chi connectivity index (χ4v) is 3.47. The van der Waals surface area contributed by atoms with Gasteiger partial charge in [0.1, 0.15) is 11.5 Å². The van der Waals surface area contributed by atoms with Crippen LogP contribution in [0.25, 0.3) is 16.9 Å². The van der Waals surface area contributed by atoms with E-state index in [1.165, 1.54) is 17.6 Å². The summed E-state index contributed by atoms with van der Waals surface area (Å²) in [6.07, 6.45) is -3.51. The molecule has 3 aromatic heterocycles. The van der Waals surface area contributed by atoms with Gasteiger partial charge in [0.05, 0.1) is 11.4 Å². The van der Waals surface area contributed by atoms with E-state index in [0.717, 1.165) is 35.6 Å². The second-order valence-corrected chi connectivity index (χ2v) is 7.19. The summed E-state index contributed by atoms with van der Waals surface area (Å²) in [7, 11) is 0. The van der Waals surface area contributed by atoms with Crippen LogP contribution in [0.4, 0.5) is 22.7 Å². The molecular formula is C18H11F4N7O2S. The van der Waals surface area contributed by atoms with Gasteiger partial charge >= 0.3 is 6.18 Å². The first kappa shape index (κ1) is 21.2. The number of nitrogens with two attached hydrogens (primary N) is 1. The predicted molar refractivity (Wildman–Crippen MR) is 105 cm³/mol. The third kappa shape index (κ3) is 4.07. The summed E-state index contributed by atoms with van der Waals surface area (Å²) in [5, 5.41) is 10.6. The van der Waals surface area contributed by atoms with Crippen molar-refractivity contribution in [3.05, 3.63) is 64.8 Å². The molecule has 3 heterocycles. The topological polar surface area (TPSA) is 132 Å². The summed E-state index contributed by atoms with van der Waals surface area (Å²) in [5.74, 6) is -2.51. The molecular weight excluding hydrogens is 454 g/mol. The normalized spacial score (nSPS) is 11.5. The number of nitrogens with zero attached hydrogens (tertiary/aromatic N) is 4. The van der Waals surface area contributed by atoms with Gasteiger partial charge < -0.3 is 10.7 Å². The summed E-state index contributed by atoms with van der Waals surface area (Å²) >= 11 is 0.952. The Morgan fingerprint density at radius 1 is 1.19 bits per heavy atom. The van der Waals surface area contributed by atoms with Gasteiger partial charge in [0.2, 0.25) is 0 Å². The Morgan fingerprint density at radius 2 is 1.91 bits per heavy atom. The minimum absolute atomic E-state index is 0.00344. The van der Waals surface area contributed by atoms with Crippen LogP contribution in [0.2, 0.25) is 0 Å². The molecule has 0 bridgehead atoms. The molecule has 4 aromatic rings. The highest BCUT2D eigenvalue weighted by Crippen LogP contribution is 2.33. The van der Waals surface area contributed by atoms with Gasteiger partial charge in [-0.15, -0.1) is 16.4 Å². The van der Waals surface area contributed by atoms with Crippen molar-refractivity contribution < 1.29 is 27.2 Å². The number of carbonyl (C=O) groups is 2. The summed E-state index contributed by atoms with van der Waals surface area (Å²) in [5.41, 5.74) is 3.65. The van der Waals surface area contributed by atoms with Gasteiger partial charge in [-0.05, 0) is 30.3 Å². The predicted octanol–water partition coefficient (Wildman–Crippen LogP) is 3.23. The number of hydrogen-bond acceptors (Lipinski definition) is 6. The Labute approximate surface area is 179 Å². The maximum Gasteiger partial charge on any atom is 0.435 e. The van der Waals surface area contributed by atoms with Gasteiger partial charge in [-0.3, -0.25) is 14.9 Å². The molecule has 1 aromatic carbocycles. The van der Waals surface area contributed by atoms with E-state index in [4.69, 9.17) is 5.73 Å². The monoisotopic (exact) mass is 465 g/mol. The van der Waals surface area contributed by atoms with E-state index in [-0.39, 0.29) is 16.5 Å². The SMILES string of the molecule is NC(=O)c1cc(-c2csc(NC(=O)c3nnn(-c4ccc(F)cc4)c3C(F)(F)F)n2)c[nH]1. The van der Waals surface area contributed by atoms with Crippen LogP contribution in [-0.2, 0) is 6.18 Å². The van der Waals surface area contributed by atoms with Crippen molar-refractivity contribution in [1.29, 1.82) is 0 Å². The number of hydrogen-bond donors (Lipinski definition) is 3. The van der Waals surface area contributed by atoms with Gasteiger partial charge in [0.15, 0.2) is 16.5 Å². The fourth-order valence-electron chi connectivity index (χ4n) is 2.76. The fraction of sp³-hybridized carbons (Fsp3) is 0.0556. The van der Waals surface area contributed by atoms with E-state index in [0.29, 0.717) is 15.9 Å². The first-order valence-corrected chi connectivity index (χ1v) is 9.56. The molecule has 0 saturated carbocycles. The van der Waals surface area contributed by atoms with Gasteiger partial charge in [0, 0.05) is 17.1 Å². The van der Waals surface area contributed by atoms with Crippen molar-refractivity contribution in [3.63, 3.8) is 0 Å². The molecule has 0 aliphatic carbocycles. The highest BCUT2D eigenvalue weighted by atomic mass is 32.1. The second kappa shape index (κ2) is 7.88. The molecule has 2 amide bonds. The van der Waals surface area contributed by atoms with Gasteiger partial charge in [0.25, 0.3) is 11.8 Å². The molecule has 0 saturated heterocycles. The zero-order valence-electron chi connectivity index (χ0n) is 15.6. The number of halogens is 4. The first-order chi connectivity index (χ1) is 15.1. The Bertz CT molecular complexity index is 1310. The van der Waals surface area contributed by atoms with Crippen LogP contribution in [0, 0.1) is 5.82 Å². The number of rotatable bonds is 5. The Kier molecular flexibility index (Phi) is 5.22. The lowest BCUT2D eigenvalue weighted by Crippen LogP contribution is -2.21. The quantitative estimate of drug-likeness (QED) is 0.390. The highest BCUT2D eigenvalue weighted by Gasteiger charge is 2.42. The third-order valence-corrected chi connectivity index (χ3v) is 4.95. The number of alkyl halides is 3. The van der Waals surface area contributed by atoms with Crippen molar-refractivity contribution >= 4 is 28.3 Å². The number of aromatic nitrogens is 5. The number of carbonyl (C=O) groups excluding carboxylic acids is 2. The van der Waals surface area contributed by atoms with Gasteiger partial charge in [-0.1, -0.05) is 5.21 Å². The largest absolute Gasteiger partial charge is 0.435 e. The molecule has 32 heavy (non-hydrogen) atoms. The van der Waals surface area contributed by atoms with Crippen LogP contribution in [0.15, 0.2) is 41.9 Å². The second-order valence-electron chi connectivity index (χ2n) is 6.33. The maximum atomic E-state index is 13.7. The zero-order chi connectivity index (χ0) is 23.0. The van der Waals surface area contributed by atoms with Crippen LogP contribution in [0.3, 0.4) is 0 Å². The molecule has 14 heteroatoms. The Balaban J connectivity index is 1.62. The molecule has 0 atom stereocenters. The molecule has 0 aliphatic rings. The first-order valence-electron chi connectivity index (χ1n) is 8.68. The van der Waals surface area contributed by atoms with Crippen molar-refractivity contribution in [1.82, 2.24) is 25.0 Å². The van der Waals surface area contributed by atoms with E-state index in [9.17, 15) is 27.2 Å². The lowest BCUT2D eigenvalue weighted by molar-refractivity contribution is -0.143. The summed E-state index contributed by atoms with van der Waals surface area (Å²) in [6.45, 7) is 0. The van der Waals surface area contributed by atoms with Crippen molar-refractivity contribution in [3.8, 4) is 16.9 Å². The Hall–Kier alpha value is -4.07. The number of H-pyrrole nitrogens is 1. The molecule has 0 unspecified atom stereocenters. The van der Waals surface area contributed by atoms with E-state index in [1.807, 2.05) is 0 Å². The smallest absolute Gasteiger partial charge is 0.364 e. The van der Waals surface area contributed by atoms with Crippen molar-refractivity contribution in [2.24, 2.45) is 5.73 Å². The third-order valence-electron chi connectivity index (χ3n) is 4.19. The summed E-state index contributed by atoms with van der Waals surface area (Å²) in [4.78, 5) is 30.5. The number of anilines is 1. The molecule has 4 N–H and O–H groups in total. The van der Waals surface area contributed by atoms with Gasteiger partial charge in [-0.2, -0.15) is 13.2 Å². The maximum absolute atomic E-state index is 13.7. The number of amides is 2. The number of benzene rings is 1. The summed E-state index contributed by atoms with van der Waals surface area (Å²) in [6, 6.07) is 5.51. The van der Waals surface area contributed by atoms with Crippen LogP contribution >= 0.6 is 11.3 Å². The summed E-state index contributed by atoms with van der Waals surface area (Å²) < 4.78 is 54.6. The molecule has 0 fully saturated rings. The molecule has 0 spiro atoms. The zero-order valence-corrected chi connectivity index (χ0v) is 16.5. The van der Waals surface area contributed by atoms with Crippen LogP contribution < -0.4 is 11.1 Å². The van der Waals surface area contributed by atoms with E-state index in [2.05, 4.69) is 25.6 Å². The molecule has 0 radical (unpaired) electrons. The number of nitrogens with one attached hydrogen (secondary N) is 2. The molecule has 0 aliphatic heterocycles. The average Bonchev–Trinajstić information content (AvgIpc) is 3.46. The average molecular weight is 465 g/mol. The minimum atomic E-state index is -4.98. The van der Waals surface area contributed by atoms with Gasteiger partial charge in [-0.25, -0.2) is 14.1 Å². The standard InChI is InChI=1S/C18H11F4N7O2S/c19-9-1-3-10(4-2-9)29-14(18(20,21)22)13(27-28-29)16(31)26-17-25-12(7-32-17)8-5-11(15(23)30)24-6-8/h1-7,24H,(H2,23,30)(H,25,26,31). The van der Waals surface area contributed by atoms with Crippen LogP contribution in [-0.4, -0.2) is 36.8 Å². The highest BCUT2D eigenvalue weighted by molar-refractivity contribution is 7.14.